The molecule has 4 atom stereocenters. The number of fused-ring (bicyclic) bond motifs is 8. The Hall–Kier alpha value is -3.30. The summed E-state index contributed by atoms with van der Waals surface area (Å²) in [6.45, 7) is 4.28. The number of aliphatic hydroxyl groups excluding tert-OH is 1. The molecule has 0 aliphatic heterocycles. The van der Waals surface area contributed by atoms with Crippen molar-refractivity contribution < 1.29 is 45.8 Å². The molecule has 3 aliphatic rings. The molecule has 2 aromatic heterocycles. The van der Waals surface area contributed by atoms with E-state index >= 15 is 0 Å². The molecule has 7 rings (SSSR count). The van der Waals surface area contributed by atoms with Crippen molar-refractivity contribution in [2.24, 2.45) is 5.41 Å². The number of nitrogens with zero attached hydrogens (tertiary/aromatic N) is 1. The lowest BCUT2D eigenvalue weighted by molar-refractivity contribution is -0.137. The predicted molar refractivity (Wildman–Crippen MR) is 211 cm³/mol. The summed E-state index contributed by atoms with van der Waals surface area (Å²) in [5.74, 6) is -1.07. The molecule has 8 nitrogen and oxygen atoms in total. The Labute approximate surface area is 335 Å². The van der Waals surface area contributed by atoms with Gasteiger partial charge >= 0.3 is 6.18 Å². The Bertz CT molecular complexity index is 2170. The number of ether oxygens (including phenoxy) is 1. The van der Waals surface area contributed by atoms with E-state index in [0.29, 0.717) is 56.3 Å². The summed E-state index contributed by atoms with van der Waals surface area (Å²) in [5, 5.41) is 25.6. The van der Waals surface area contributed by atoms with E-state index < -0.39 is 50.6 Å². The summed E-state index contributed by atoms with van der Waals surface area (Å²) < 4.78 is 81.6. The maximum Gasteiger partial charge on any atom is 0.416 e. The number of hydrogen-bond acceptors (Lipinski definition) is 8. The first kappa shape index (κ1) is 42.3. The standard InChI is InChI=1S/C42H47ClF3NO7S2/c1-27-7-4-18-40(2)34(17-19-41(40,50)26-47(20-6-21-53-3)56(51,52)38-8-5-22-55-38)31-13-10-28(23-30(48)12-9-27)24-32(31)39(49)37-16-15-36(54-37)33-25-29(42(44,45)46)11-14-35(33)43/h5,7-8,10-11,13-16,22,24-25,30,34,48,50H,4,6,9,12,17-21,23,26H2,1-3H3. The Morgan fingerprint density at radius 3 is 2.61 bits per heavy atom. The zero-order chi connectivity index (χ0) is 40.5. The molecule has 4 aromatic rings. The lowest BCUT2D eigenvalue weighted by Gasteiger charge is -2.46. The second kappa shape index (κ2) is 16.9. The second-order valence-corrected chi connectivity index (χ2v) is 18.8. The van der Waals surface area contributed by atoms with Crippen LogP contribution < -0.4 is 0 Å². The van der Waals surface area contributed by atoms with Crippen molar-refractivity contribution in [1.82, 2.24) is 4.31 Å². The predicted octanol–water partition coefficient (Wildman–Crippen LogP) is 9.68. The van der Waals surface area contributed by atoms with Crippen LogP contribution in [0.5, 0.6) is 0 Å². The number of allylic oxidation sites excluding steroid dienone is 2. The van der Waals surface area contributed by atoms with Gasteiger partial charge in [0.2, 0.25) is 5.78 Å². The number of benzene rings is 2. The number of sulfonamides is 1. The molecule has 0 amide bonds. The fourth-order valence-electron chi connectivity index (χ4n) is 8.32. The van der Waals surface area contributed by atoms with Gasteiger partial charge in [-0.3, -0.25) is 4.79 Å². The average molecular weight is 834 g/mol. The Kier molecular flexibility index (Phi) is 12.8. The van der Waals surface area contributed by atoms with Gasteiger partial charge in [-0.2, -0.15) is 17.5 Å². The zero-order valence-electron chi connectivity index (χ0n) is 31.6. The lowest BCUT2D eigenvalue weighted by Crippen LogP contribution is -2.54. The molecule has 0 saturated heterocycles. The number of methoxy groups -OCH3 is 1. The number of aliphatic hydroxyl groups is 2. The highest BCUT2D eigenvalue weighted by atomic mass is 35.5. The van der Waals surface area contributed by atoms with Gasteiger partial charge in [-0.15, -0.1) is 11.3 Å². The topological polar surface area (TPSA) is 117 Å². The summed E-state index contributed by atoms with van der Waals surface area (Å²) >= 11 is 7.43. The molecular weight excluding hydrogens is 787 g/mol. The van der Waals surface area contributed by atoms with Gasteiger partial charge in [0.25, 0.3) is 10.0 Å². The third-order valence-corrected chi connectivity index (χ3v) is 15.1. The summed E-state index contributed by atoms with van der Waals surface area (Å²) in [7, 11) is -2.42. The molecule has 2 N–H and O–H groups in total. The molecule has 2 bridgehead atoms. The van der Waals surface area contributed by atoms with Crippen LogP contribution in [0.1, 0.15) is 97.5 Å². The van der Waals surface area contributed by atoms with E-state index in [0.717, 1.165) is 35.1 Å². The molecule has 3 aliphatic carbocycles. The van der Waals surface area contributed by atoms with Crippen LogP contribution in [0.2, 0.25) is 5.02 Å². The first-order valence-electron chi connectivity index (χ1n) is 18.7. The van der Waals surface area contributed by atoms with Crippen LogP contribution >= 0.6 is 22.9 Å². The Morgan fingerprint density at radius 1 is 1.11 bits per heavy atom. The van der Waals surface area contributed by atoms with Gasteiger partial charge in [0.1, 0.15) is 9.97 Å². The van der Waals surface area contributed by atoms with Crippen LogP contribution in [0.4, 0.5) is 13.2 Å². The van der Waals surface area contributed by atoms with Gasteiger partial charge in [0.05, 0.1) is 22.3 Å². The van der Waals surface area contributed by atoms with Gasteiger partial charge in [0.15, 0.2) is 5.76 Å². The minimum atomic E-state index is -4.62. The third kappa shape index (κ3) is 8.74. The fraction of sp³-hybridized carbons (Fsp3) is 0.452. The Morgan fingerprint density at radius 2 is 1.89 bits per heavy atom. The molecule has 14 heteroatoms. The fourth-order valence-corrected chi connectivity index (χ4v) is 11.2. The SMILES string of the molecule is COCCCN(CC1(O)CCC2c3ccc(cc3C(=O)c3ccc(-c4cc(C(F)(F)F)ccc4Cl)o3)CC(O)CCC(C)=CCCC21C)S(=O)(=O)c1cccs1. The minimum absolute atomic E-state index is 0.0116. The molecule has 2 aromatic carbocycles. The molecule has 0 radical (unpaired) electrons. The number of rotatable bonds is 11. The van der Waals surface area contributed by atoms with Gasteiger partial charge in [-0.25, -0.2) is 8.42 Å². The maximum atomic E-state index is 14.6. The van der Waals surface area contributed by atoms with Crippen molar-refractivity contribution in [3.8, 4) is 11.3 Å². The largest absolute Gasteiger partial charge is 0.453 e. The van der Waals surface area contributed by atoms with E-state index in [1.807, 2.05) is 26.0 Å². The van der Waals surface area contributed by atoms with Crippen molar-refractivity contribution >= 4 is 38.7 Å². The van der Waals surface area contributed by atoms with Crippen LogP contribution in [0.3, 0.4) is 0 Å². The molecule has 1 fully saturated rings. The normalized spacial score (nSPS) is 23.6. The summed E-state index contributed by atoms with van der Waals surface area (Å²) in [4.78, 5) is 14.6. The highest BCUT2D eigenvalue weighted by Gasteiger charge is 2.58. The molecule has 4 unspecified atom stereocenters. The summed E-state index contributed by atoms with van der Waals surface area (Å²) in [6.07, 6.45) is 0.373. The van der Waals surface area contributed by atoms with E-state index in [1.165, 1.54) is 16.4 Å². The second-order valence-electron chi connectivity index (χ2n) is 15.3. The first-order valence-corrected chi connectivity index (χ1v) is 21.4. The van der Waals surface area contributed by atoms with Crippen molar-refractivity contribution in [3.05, 3.63) is 111 Å². The van der Waals surface area contributed by atoms with Crippen LogP contribution in [-0.2, 0) is 27.4 Å². The molecule has 302 valence electrons. The summed E-state index contributed by atoms with van der Waals surface area (Å²) in [5.41, 5.74) is -0.668. The molecule has 56 heavy (non-hydrogen) atoms. The van der Waals surface area contributed by atoms with Crippen LogP contribution in [-0.4, -0.2) is 67.2 Å². The Balaban J connectivity index is 1.43. The molecular formula is C42H47ClF3NO7S2. The van der Waals surface area contributed by atoms with Crippen LogP contribution in [0.15, 0.2) is 86.3 Å². The zero-order valence-corrected chi connectivity index (χ0v) is 34.0. The smallest absolute Gasteiger partial charge is 0.416 e. The van der Waals surface area contributed by atoms with E-state index in [1.54, 1.807) is 30.7 Å². The first-order chi connectivity index (χ1) is 26.5. The quantitative estimate of drug-likeness (QED) is 0.0878. The number of carbonyl (C=O) groups excluding carboxylic acids is 1. The van der Waals surface area contributed by atoms with Crippen LogP contribution in [0, 0.1) is 5.41 Å². The minimum Gasteiger partial charge on any atom is -0.453 e. The average Bonchev–Trinajstić information content (AvgIpc) is 3.91. The molecule has 0 spiro atoms. The third-order valence-electron chi connectivity index (χ3n) is 11.6. The van der Waals surface area contributed by atoms with E-state index in [2.05, 4.69) is 6.08 Å². The van der Waals surface area contributed by atoms with Crippen molar-refractivity contribution in [2.45, 2.75) is 93.2 Å². The van der Waals surface area contributed by atoms with Gasteiger partial charge in [-0.1, -0.05) is 48.4 Å². The summed E-state index contributed by atoms with van der Waals surface area (Å²) in [6, 6.07) is 14.4. The van der Waals surface area contributed by atoms with Crippen molar-refractivity contribution in [2.75, 3.05) is 26.8 Å². The monoisotopic (exact) mass is 833 g/mol. The highest BCUT2D eigenvalue weighted by molar-refractivity contribution is 7.91. The van der Waals surface area contributed by atoms with E-state index in [-0.39, 0.29) is 57.8 Å². The van der Waals surface area contributed by atoms with Crippen LogP contribution in [0.25, 0.3) is 11.3 Å². The number of thiophene rings is 1. The molecule has 1 saturated carbocycles. The van der Waals surface area contributed by atoms with Crippen molar-refractivity contribution in [3.63, 3.8) is 0 Å². The lowest BCUT2D eigenvalue weighted by atomic mass is 9.65. The number of carbonyl (C=O) groups is 1. The number of furan rings is 1. The maximum absolute atomic E-state index is 14.6. The number of halogens is 4. The number of alkyl halides is 3. The number of ketones is 1. The van der Waals surface area contributed by atoms with E-state index in [9.17, 15) is 36.6 Å². The highest BCUT2D eigenvalue weighted by Crippen LogP contribution is 2.59. The van der Waals surface area contributed by atoms with Gasteiger partial charge in [0, 0.05) is 43.3 Å². The van der Waals surface area contributed by atoms with Gasteiger partial charge in [-0.05, 0) is 123 Å². The van der Waals surface area contributed by atoms with Gasteiger partial charge < -0.3 is 19.4 Å². The van der Waals surface area contributed by atoms with Crippen molar-refractivity contribution in [1.29, 1.82) is 0 Å². The van der Waals surface area contributed by atoms with E-state index in [4.69, 9.17) is 20.8 Å². The molecule has 2 heterocycles. The number of hydrogen-bond donors (Lipinski definition) is 2.